The lowest BCUT2D eigenvalue weighted by Gasteiger charge is -2.33. The average molecular weight is 326 g/mol. The molecule has 7 heteroatoms. The standard InChI is InChI=1S/C14H18N2O3S2/c15-21(18,19)11-5-3-7-16(9-11)14(17)13-8-10-4-1-2-6-12(10)20-13/h1-2,4,6,11,13H,3,5,7-9H2,(H2,15,18,19). The Kier molecular flexibility index (Phi) is 3.98. The van der Waals surface area contributed by atoms with Crippen LogP contribution >= 0.6 is 11.8 Å². The molecule has 0 radical (unpaired) electrons. The van der Waals surface area contributed by atoms with Crippen LogP contribution in [-0.2, 0) is 21.2 Å². The molecule has 2 unspecified atom stereocenters. The van der Waals surface area contributed by atoms with Crippen molar-refractivity contribution in [1.29, 1.82) is 0 Å². The van der Waals surface area contributed by atoms with Crippen molar-refractivity contribution in [1.82, 2.24) is 4.90 Å². The van der Waals surface area contributed by atoms with Crippen molar-refractivity contribution >= 4 is 27.7 Å². The lowest BCUT2D eigenvalue weighted by Crippen LogP contribution is -2.49. The summed E-state index contributed by atoms with van der Waals surface area (Å²) in [6, 6.07) is 8.01. The third kappa shape index (κ3) is 3.09. The first-order valence-electron chi connectivity index (χ1n) is 7.00. The number of thioether (sulfide) groups is 1. The fourth-order valence-electron chi connectivity index (χ4n) is 2.93. The molecule has 2 aliphatic heterocycles. The number of carbonyl (C=O) groups is 1. The molecular weight excluding hydrogens is 308 g/mol. The van der Waals surface area contributed by atoms with Gasteiger partial charge in [0.05, 0.1) is 10.5 Å². The van der Waals surface area contributed by atoms with Gasteiger partial charge in [-0.2, -0.15) is 0 Å². The zero-order chi connectivity index (χ0) is 15.0. The van der Waals surface area contributed by atoms with Gasteiger partial charge in [0, 0.05) is 18.0 Å². The van der Waals surface area contributed by atoms with Gasteiger partial charge in [-0.3, -0.25) is 4.79 Å². The lowest BCUT2D eigenvalue weighted by molar-refractivity contribution is -0.131. The van der Waals surface area contributed by atoms with E-state index < -0.39 is 15.3 Å². The van der Waals surface area contributed by atoms with Gasteiger partial charge < -0.3 is 4.90 Å². The molecule has 1 saturated heterocycles. The van der Waals surface area contributed by atoms with Crippen LogP contribution in [0.2, 0.25) is 0 Å². The molecule has 3 rings (SSSR count). The maximum absolute atomic E-state index is 12.6. The molecule has 0 aromatic heterocycles. The number of fused-ring (bicyclic) bond motifs is 1. The van der Waals surface area contributed by atoms with Gasteiger partial charge in [-0.1, -0.05) is 18.2 Å². The Morgan fingerprint density at radius 2 is 2.10 bits per heavy atom. The Morgan fingerprint density at radius 3 is 2.81 bits per heavy atom. The number of hydrogen-bond donors (Lipinski definition) is 1. The van der Waals surface area contributed by atoms with E-state index in [1.807, 2.05) is 24.3 Å². The van der Waals surface area contributed by atoms with Crippen LogP contribution in [0.1, 0.15) is 18.4 Å². The summed E-state index contributed by atoms with van der Waals surface area (Å²) in [5.74, 6) is 0.0320. The van der Waals surface area contributed by atoms with E-state index in [0.29, 0.717) is 19.4 Å². The number of carbonyl (C=O) groups excluding carboxylic acids is 1. The van der Waals surface area contributed by atoms with Crippen molar-refractivity contribution in [3.63, 3.8) is 0 Å². The third-order valence-corrected chi connectivity index (χ3v) is 6.70. The highest BCUT2D eigenvalue weighted by molar-refractivity contribution is 8.01. The average Bonchev–Trinajstić information content (AvgIpc) is 2.89. The minimum absolute atomic E-state index is 0.0320. The highest BCUT2D eigenvalue weighted by Gasteiger charge is 2.36. The number of nitrogens with zero attached hydrogens (tertiary/aromatic N) is 1. The van der Waals surface area contributed by atoms with E-state index in [2.05, 4.69) is 0 Å². The van der Waals surface area contributed by atoms with Gasteiger partial charge in [-0.05, 0) is 30.9 Å². The molecule has 2 heterocycles. The van der Waals surface area contributed by atoms with E-state index in [1.54, 1.807) is 16.7 Å². The summed E-state index contributed by atoms with van der Waals surface area (Å²) in [4.78, 5) is 15.4. The number of benzene rings is 1. The second-order valence-corrected chi connectivity index (χ2v) is 8.65. The normalized spacial score (nSPS) is 25.7. The van der Waals surface area contributed by atoms with Crippen molar-refractivity contribution in [2.24, 2.45) is 5.14 Å². The van der Waals surface area contributed by atoms with Crippen molar-refractivity contribution in [3.8, 4) is 0 Å². The topological polar surface area (TPSA) is 80.5 Å². The summed E-state index contributed by atoms with van der Waals surface area (Å²) in [5.41, 5.74) is 1.20. The number of likely N-dealkylation sites (tertiary alicyclic amines) is 1. The molecule has 1 fully saturated rings. The molecule has 1 amide bonds. The lowest BCUT2D eigenvalue weighted by atomic mass is 10.1. The summed E-state index contributed by atoms with van der Waals surface area (Å²) in [6.45, 7) is 0.851. The fourth-order valence-corrected chi connectivity index (χ4v) is 5.09. The zero-order valence-electron chi connectivity index (χ0n) is 11.6. The molecule has 5 nitrogen and oxygen atoms in total. The molecule has 2 N–H and O–H groups in total. The van der Waals surface area contributed by atoms with E-state index in [0.717, 1.165) is 11.3 Å². The maximum Gasteiger partial charge on any atom is 0.236 e. The molecular formula is C14H18N2O3S2. The van der Waals surface area contributed by atoms with Crippen molar-refractivity contribution in [3.05, 3.63) is 29.8 Å². The summed E-state index contributed by atoms with van der Waals surface area (Å²) < 4.78 is 23.0. The largest absolute Gasteiger partial charge is 0.340 e. The first-order valence-corrected chi connectivity index (χ1v) is 9.49. The number of piperidine rings is 1. The van der Waals surface area contributed by atoms with E-state index in [4.69, 9.17) is 5.14 Å². The molecule has 114 valence electrons. The monoisotopic (exact) mass is 326 g/mol. The third-order valence-electron chi connectivity index (χ3n) is 4.08. The fraction of sp³-hybridized carbons (Fsp3) is 0.500. The Hall–Kier alpha value is -1.05. The summed E-state index contributed by atoms with van der Waals surface area (Å²) in [6.07, 6.45) is 1.95. The Balaban J connectivity index is 1.69. The Bertz CT molecular complexity index is 635. The first-order chi connectivity index (χ1) is 9.95. The first kappa shape index (κ1) is 14.9. The van der Waals surface area contributed by atoms with E-state index in [-0.39, 0.29) is 17.7 Å². The molecule has 1 aromatic rings. The minimum atomic E-state index is -3.57. The van der Waals surface area contributed by atoms with Crippen LogP contribution in [0.5, 0.6) is 0 Å². The number of hydrogen-bond acceptors (Lipinski definition) is 4. The molecule has 0 aliphatic carbocycles. The molecule has 0 spiro atoms. The van der Waals surface area contributed by atoms with E-state index in [1.165, 1.54) is 5.56 Å². The van der Waals surface area contributed by atoms with Gasteiger partial charge in [0.15, 0.2) is 0 Å². The zero-order valence-corrected chi connectivity index (χ0v) is 13.2. The number of sulfonamides is 1. The van der Waals surface area contributed by atoms with Crippen LogP contribution in [0.3, 0.4) is 0 Å². The van der Waals surface area contributed by atoms with Gasteiger partial charge in [0.25, 0.3) is 0 Å². The van der Waals surface area contributed by atoms with Crippen LogP contribution in [0.25, 0.3) is 0 Å². The van der Waals surface area contributed by atoms with Gasteiger partial charge >= 0.3 is 0 Å². The second-order valence-electron chi connectivity index (χ2n) is 5.56. The van der Waals surface area contributed by atoms with Gasteiger partial charge in [-0.15, -0.1) is 11.8 Å². The molecule has 0 saturated carbocycles. The smallest absolute Gasteiger partial charge is 0.236 e. The van der Waals surface area contributed by atoms with Gasteiger partial charge in [0.1, 0.15) is 0 Å². The highest BCUT2D eigenvalue weighted by atomic mass is 32.2. The number of nitrogens with two attached hydrogens (primary N) is 1. The number of primary sulfonamides is 1. The van der Waals surface area contributed by atoms with Crippen molar-refractivity contribution < 1.29 is 13.2 Å². The van der Waals surface area contributed by atoms with Gasteiger partial charge in [0.2, 0.25) is 15.9 Å². The van der Waals surface area contributed by atoms with Crippen LogP contribution in [-0.4, -0.2) is 42.8 Å². The van der Waals surface area contributed by atoms with Crippen molar-refractivity contribution in [2.75, 3.05) is 13.1 Å². The van der Waals surface area contributed by atoms with Gasteiger partial charge in [-0.25, -0.2) is 13.6 Å². The van der Waals surface area contributed by atoms with Crippen LogP contribution in [0.4, 0.5) is 0 Å². The maximum atomic E-state index is 12.6. The Labute approximate surface area is 128 Å². The number of amides is 1. The van der Waals surface area contributed by atoms with Crippen LogP contribution in [0, 0.1) is 0 Å². The molecule has 1 aromatic carbocycles. The second kappa shape index (κ2) is 5.62. The van der Waals surface area contributed by atoms with Crippen molar-refractivity contribution in [2.45, 2.75) is 34.7 Å². The molecule has 2 atom stereocenters. The quantitative estimate of drug-likeness (QED) is 0.878. The SMILES string of the molecule is NS(=O)(=O)C1CCCN(C(=O)C2Cc3ccccc3S2)C1. The van der Waals surface area contributed by atoms with E-state index >= 15 is 0 Å². The molecule has 0 bridgehead atoms. The Morgan fingerprint density at radius 1 is 1.33 bits per heavy atom. The summed E-state index contributed by atoms with van der Waals surface area (Å²) in [5, 5.41) is 4.47. The highest BCUT2D eigenvalue weighted by Crippen LogP contribution is 2.38. The summed E-state index contributed by atoms with van der Waals surface area (Å²) in [7, 11) is -3.57. The van der Waals surface area contributed by atoms with Crippen LogP contribution in [0.15, 0.2) is 29.2 Å². The number of rotatable bonds is 2. The minimum Gasteiger partial charge on any atom is -0.340 e. The molecule has 2 aliphatic rings. The van der Waals surface area contributed by atoms with Crippen LogP contribution < -0.4 is 5.14 Å². The summed E-state index contributed by atoms with van der Waals surface area (Å²) >= 11 is 1.57. The molecule has 21 heavy (non-hydrogen) atoms. The van der Waals surface area contributed by atoms with E-state index in [9.17, 15) is 13.2 Å². The predicted molar refractivity (Wildman–Crippen MR) is 82.5 cm³/mol. The predicted octanol–water partition coefficient (Wildman–Crippen LogP) is 0.983.